The number of anilines is 1. The number of nitrogens with zero attached hydrogens (tertiary/aromatic N) is 3. The lowest BCUT2D eigenvalue weighted by molar-refractivity contribution is -0.112. The summed E-state index contributed by atoms with van der Waals surface area (Å²) in [5, 5.41) is 11.7. The standard InChI is InChI=1S/C15H12Cl3N5O/c1-9-21-8-12(23(9)10-5-3-2-4-6-10)22-14(24)11(7-19)13(20)15(16,17)18/h2-6,8H,20H2,1H3,(H,22,24)/b13-11-. The first kappa shape index (κ1) is 18.1. The third kappa shape index (κ3) is 3.82. The third-order valence-corrected chi connectivity index (χ3v) is 3.72. The van der Waals surface area contributed by atoms with Gasteiger partial charge in [-0.05, 0) is 19.1 Å². The monoisotopic (exact) mass is 383 g/mol. The predicted octanol–water partition coefficient (Wildman–Crippen LogP) is 3.23. The van der Waals surface area contributed by atoms with Crippen LogP contribution >= 0.6 is 34.8 Å². The first-order chi connectivity index (χ1) is 11.3. The van der Waals surface area contributed by atoms with Crippen molar-refractivity contribution in [2.45, 2.75) is 10.7 Å². The van der Waals surface area contributed by atoms with Crippen LogP contribution < -0.4 is 11.1 Å². The molecule has 0 aliphatic heterocycles. The Morgan fingerprint density at radius 2 is 1.96 bits per heavy atom. The number of halogens is 3. The molecule has 0 saturated carbocycles. The number of aromatic nitrogens is 2. The van der Waals surface area contributed by atoms with E-state index >= 15 is 0 Å². The Morgan fingerprint density at radius 1 is 1.33 bits per heavy atom. The summed E-state index contributed by atoms with van der Waals surface area (Å²) in [6.07, 6.45) is 1.46. The Labute approximate surface area is 153 Å². The minimum absolute atomic E-state index is 0.355. The number of alkyl halides is 3. The second-order valence-corrected chi connectivity index (χ2v) is 7.00. The summed E-state index contributed by atoms with van der Waals surface area (Å²) in [4.78, 5) is 16.5. The van der Waals surface area contributed by atoms with E-state index in [0.29, 0.717) is 11.6 Å². The molecule has 0 atom stereocenters. The van der Waals surface area contributed by atoms with Gasteiger partial charge < -0.3 is 11.1 Å². The summed E-state index contributed by atoms with van der Waals surface area (Å²) in [7, 11) is 0. The van der Waals surface area contributed by atoms with Crippen molar-refractivity contribution in [3.8, 4) is 11.8 Å². The Hall–Kier alpha value is -2.20. The molecule has 0 spiro atoms. The van der Waals surface area contributed by atoms with Crippen molar-refractivity contribution >= 4 is 46.5 Å². The average molecular weight is 385 g/mol. The van der Waals surface area contributed by atoms with Crippen LogP contribution in [0.5, 0.6) is 0 Å². The molecule has 0 aliphatic carbocycles. The predicted molar refractivity (Wildman–Crippen MR) is 94.0 cm³/mol. The molecule has 9 heteroatoms. The molecule has 124 valence electrons. The molecule has 0 radical (unpaired) electrons. The van der Waals surface area contributed by atoms with E-state index in [2.05, 4.69) is 10.3 Å². The Kier molecular flexibility index (Phi) is 5.40. The highest BCUT2D eigenvalue weighted by molar-refractivity contribution is 6.69. The average Bonchev–Trinajstić information content (AvgIpc) is 2.88. The van der Waals surface area contributed by atoms with Crippen molar-refractivity contribution < 1.29 is 4.79 Å². The summed E-state index contributed by atoms with van der Waals surface area (Å²) < 4.78 is -0.351. The number of hydrogen-bond donors (Lipinski definition) is 2. The maximum absolute atomic E-state index is 12.3. The van der Waals surface area contributed by atoms with Crippen molar-refractivity contribution in [2.24, 2.45) is 5.73 Å². The van der Waals surface area contributed by atoms with Crippen LogP contribution in [0, 0.1) is 18.3 Å². The summed E-state index contributed by atoms with van der Waals surface area (Å²) in [6.45, 7) is 1.78. The number of allylic oxidation sites excluding steroid dienone is 1. The van der Waals surface area contributed by atoms with Gasteiger partial charge in [0.1, 0.15) is 23.3 Å². The number of amides is 1. The topological polar surface area (TPSA) is 96.7 Å². The second-order valence-electron chi connectivity index (χ2n) is 4.71. The maximum Gasteiger partial charge on any atom is 0.269 e. The molecule has 0 saturated heterocycles. The van der Waals surface area contributed by atoms with Gasteiger partial charge in [-0.1, -0.05) is 53.0 Å². The fourth-order valence-electron chi connectivity index (χ4n) is 1.99. The number of nitrogens with two attached hydrogens (primary N) is 1. The van der Waals surface area contributed by atoms with E-state index < -0.39 is 21.0 Å². The molecule has 1 amide bonds. The third-order valence-electron chi connectivity index (χ3n) is 3.11. The second kappa shape index (κ2) is 7.14. The zero-order chi connectivity index (χ0) is 17.9. The highest BCUT2D eigenvalue weighted by atomic mass is 35.6. The molecule has 2 rings (SSSR count). The van der Waals surface area contributed by atoms with Crippen molar-refractivity contribution in [1.82, 2.24) is 9.55 Å². The number of nitrogens with one attached hydrogen (secondary N) is 1. The number of rotatable bonds is 3. The van der Waals surface area contributed by atoms with Gasteiger partial charge in [-0.25, -0.2) is 4.98 Å². The highest BCUT2D eigenvalue weighted by Gasteiger charge is 2.30. The summed E-state index contributed by atoms with van der Waals surface area (Å²) in [5.74, 6) is 0.209. The lowest BCUT2D eigenvalue weighted by Gasteiger charge is -2.14. The molecule has 6 nitrogen and oxygen atoms in total. The molecule has 0 fully saturated rings. The van der Waals surface area contributed by atoms with Gasteiger partial charge in [0.15, 0.2) is 0 Å². The van der Waals surface area contributed by atoms with E-state index in [9.17, 15) is 4.79 Å². The number of carbonyl (C=O) groups excluding carboxylic acids is 1. The van der Waals surface area contributed by atoms with Gasteiger partial charge in [-0.15, -0.1) is 0 Å². The summed E-state index contributed by atoms with van der Waals surface area (Å²) in [6, 6.07) is 10.9. The van der Waals surface area contributed by atoms with E-state index in [0.717, 1.165) is 5.69 Å². The fraction of sp³-hybridized carbons (Fsp3) is 0.133. The van der Waals surface area contributed by atoms with E-state index in [-0.39, 0.29) is 0 Å². The number of para-hydroxylation sites is 1. The van der Waals surface area contributed by atoms with Crippen LogP contribution in [0.3, 0.4) is 0 Å². The van der Waals surface area contributed by atoms with Gasteiger partial charge in [0.2, 0.25) is 3.79 Å². The van der Waals surface area contributed by atoms with E-state index in [1.807, 2.05) is 30.3 Å². The molecule has 1 aromatic carbocycles. The zero-order valence-electron chi connectivity index (χ0n) is 12.4. The first-order valence-corrected chi connectivity index (χ1v) is 7.77. The minimum Gasteiger partial charge on any atom is -0.397 e. The number of hydrogen-bond acceptors (Lipinski definition) is 4. The van der Waals surface area contributed by atoms with Crippen molar-refractivity contribution in [3.05, 3.63) is 53.6 Å². The van der Waals surface area contributed by atoms with E-state index in [1.54, 1.807) is 17.6 Å². The van der Waals surface area contributed by atoms with Crippen LogP contribution in [-0.4, -0.2) is 19.3 Å². The Morgan fingerprint density at radius 3 is 2.50 bits per heavy atom. The normalized spacial score (nSPS) is 12.3. The van der Waals surface area contributed by atoms with E-state index in [4.69, 9.17) is 45.8 Å². The molecular formula is C15H12Cl3N5O. The molecule has 3 N–H and O–H groups in total. The molecular weight excluding hydrogens is 373 g/mol. The summed E-state index contributed by atoms with van der Waals surface area (Å²) >= 11 is 16.9. The summed E-state index contributed by atoms with van der Waals surface area (Å²) in [5.41, 5.74) is 5.46. The van der Waals surface area contributed by atoms with Crippen molar-refractivity contribution in [2.75, 3.05) is 5.32 Å². The number of nitriles is 1. The van der Waals surface area contributed by atoms with Crippen LogP contribution in [0.2, 0.25) is 0 Å². The fourth-order valence-corrected chi connectivity index (χ4v) is 2.27. The molecule has 1 heterocycles. The highest BCUT2D eigenvalue weighted by Crippen LogP contribution is 2.33. The smallest absolute Gasteiger partial charge is 0.269 e. The Balaban J connectivity index is 2.40. The SMILES string of the molecule is Cc1ncc(NC(=O)/C(C#N)=C(\N)C(Cl)(Cl)Cl)n1-c1ccccc1. The lowest BCUT2D eigenvalue weighted by atomic mass is 10.2. The van der Waals surface area contributed by atoms with Crippen molar-refractivity contribution in [3.63, 3.8) is 0 Å². The van der Waals surface area contributed by atoms with Gasteiger partial charge in [0, 0.05) is 5.69 Å². The Bertz CT molecular complexity index is 831. The van der Waals surface area contributed by atoms with E-state index in [1.165, 1.54) is 6.20 Å². The molecule has 0 aliphatic rings. The van der Waals surface area contributed by atoms with Gasteiger partial charge in [-0.3, -0.25) is 9.36 Å². The first-order valence-electron chi connectivity index (χ1n) is 6.64. The molecule has 0 bridgehead atoms. The number of carbonyl (C=O) groups is 1. The molecule has 24 heavy (non-hydrogen) atoms. The molecule has 2 aromatic rings. The van der Waals surface area contributed by atoms with Crippen LogP contribution in [0.15, 0.2) is 47.8 Å². The number of imidazole rings is 1. The molecule has 1 aromatic heterocycles. The zero-order valence-corrected chi connectivity index (χ0v) is 14.7. The van der Waals surface area contributed by atoms with Crippen LogP contribution in [0.4, 0.5) is 5.82 Å². The van der Waals surface area contributed by atoms with Crippen LogP contribution in [0.25, 0.3) is 5.69 Å². The van der Waals surface area contributed by atoms with Crippen molar-refractivity contribution in [1.29, 1.82) is 5.26 Å². The van der Waals surface area contributed by atoms with Gasteiger partial charge in [0.05, 0.1) is 11.9 Å². The van der Waals surface area contributed by atoms with Crippen LogP contribution in [0.1, 0.15) is 5.82 Å². The van der Waals surface area contributed by atoms with Gasteiger partial charge in [-0.2, -0.15) is 5.26 Å². The number of benzene rings is 1. The molecule has 0 unspecified atom stereocenters. The quantitative estimate of drug-likeness (QED) is 0.482. The maximum atomic E-state index is 12.3. The van der Waals surface area contributed by atoms with Crippen LogP contribution in [-0.2, 0) is 4.79 Å². The number of aryl methyl sites for hydroxylation is 1. The van der Waals surface area contributed by atoms with Gasteiger partial charge >= 0.3 is 0 Å². The largest absolute Gasteiger partial charge is 0.397 e. The lowest BCUT2D eigenvalue weighted by Crippen LogP contribution is -2.25. The minimum atomic E-state index is -2.06. The van der Waals surface area contributed by atoms with Gasteiger partial charge in [0.25, 0.3) is 5.91 Å².